The number of nitrogens with one attached hydrogen (secondary N) is 1. The molecule has 0 aliphatic heterocycles. The van der Waals surface area contributed by atoms with Gasteiger partial charge in [-0.3, -0.25) is 25.0 Å². The molecule has 0 saturated heterocycles. The molecule has 0 aromatic heterocycles. The van der Waals surface area contributed by atoms with Crippen molar-refractivity contribution in [2.24, 2.45) is 0 Å². The van der Waals surface area contributed by atoms with Gasteiger partial charge in [0.25, 0.3) is 17.3 Å². The van der Waals surface area contributed by atoms with Crippen LogP contribution >= 0.6 is 0 Å². The first-order valence-electron chi connectivity index (χ1n) is 8.49. The first kappa shape index (κ1) is 20.6. The number of amides is 1. The van der Waals surface area contributed by atoms with Gasteiger partial charge in [0.2, 0.25) is 0 Å². The number of anilines is 2. The van der Waals surface area contributed by atoms with E-state index in [0.717, 1.165) is 6.07 Å². The van der Waals surface area contributed by atoms with Crippen molar-refractivity contribution in [1.82, 2.24) is 0 Å². The number of hydrogen-bond donors (Lipinski definition) is 1. The number of nitro groups is 2. The molecule has 0 heterocycles. The summed E-state index contributed by atoms with van der Waals surface area (Å²) in [6.45, 7) is 4.54. The molecule has 2 rings (SSSR count). The molecule has 0 aliphatic carbocycles. The molecule has 0 bridgehead atoms. The summed E-state index contributed by atoms with van der Waals surface area (Å²) in [7, 11) is 1.49. The molecule has 0 spiro atoms. The van der Waals surface area contributed by atoms with E-state index in [9.17, 15) is 25.0 Å². The van der Waals surface area contributed by atoms with E-state index >= 15 is 0 Å². The quantitative estimate of drug-likeness (QED) is 0.540. The van der Waals surface area contributed by atoms with Crippen LogP contribution in [0.1, 0.15) is 24.2 Å². The Labute approximate surface area is 161 Å². The van der Waals surface area contributed by atoms with Crippen LogP contribution in [0.15, 0.2) is 36.4 Å². The Balaban J connectivity index is 2.51. The first-order valence-corrected chi connectivity index (χ1v) is 8.49. The SMILES string of the molecule is CCN(CC)c1cc(NC(=O)c2ccc(OC)cc2)c([N+](=O)[O-])cc1[N+](=O)[O-]. The lowest BCUT2D eigenvalue weighted by Gasteiger charge is -2.21. The maximum atomic E-state index is 12.5. The maximum Gasteiger partial charge on any atom is 0.299 e. The number of methoxy groups -OCH3 is 1. The topological polar surface area (TPSA) is 128 Å². The number of carbonyl (C=O) groups is 1. The van der Waals surface area contributed by atoms with Crippen molar-refractivity contribution in [3.63, 3.8) is 0 Å². The van der Waals surface area contributed by atoms with Crippen LogP contribution in [0.5, 0.6) is 5.75 Å². The van der Waals surface area contributed by atoms with Crippen LogP contribution in [0.3, 0.4) is 0 Å². The van der Waals surface area contributed by atoms with E-state index in [4.69, 9.17) is 4.74 Å². The average molecular weight is 388 g/mol. The third-order valence-corrected chi connectivity index (χ3v) is 4.19. The lowest BCUT2D eigenvalue weighted by atomic mass is 10.1. The van der Waals surface area contributed by atoms with E-state index in [1.165, 1.54) is 25.3 Å². The fourth-order valence-corrected chi connectivity index (χ4v) is 2.72. The third-order valence-electron chi connectivity index (χ3n) is 4.19. The summed E-state index contributed by atoms with van der Waals surface area (Å²) in [5.74, 6) is -0.0215. The van der Waals surface area contributed by atoms with Gasteiger partial charge in [-0.25, -0.2) is 0 Å². The molecule has 0 unspecified atom stereocenters. The normalized spacial score (nSPS) is 10.2. The highest BCUT2D eigenvalue weighted by Crippen LogP contribution is 2.38. The van der Waals surface area contributed by atoms with Crippen LogP contribution in [0.2, 0.25) is 0 Å². The van der Waals surface area contributed by atoms with Crippen LogP contribution in [0.4, 0.5) is 22.7 Å². The Morgan fingerprint density at radius 1 is 1.04 bits per heavy atom. The van der Waals surface area contributed by atoms with E-state index in [1.807, 2.05) is 13.8 Å². The summed E-state index contributed by atoms with van der Waals surface area (Å²) in [4.78, 5) is 35.6. The molecule has 0 fully saturated rings. The molecule has 0 radical (unpaired) electrons. The van der Waals surface area contributed by atoms with Crippen LogP contribution in [0, 0.1) is 20.2 Å². The molecule has 0 aliphatic rings. The van der Waals surface area contributed by atoms with Crippen molar-refractivity contribution >= 4 is 28.7 Å². The second-order valence-electron chi connectivity index (χ2n) is 5.73. The Kier molecular flexibility index (Phi) is 6.48. The maximum absolute atomic E-state index is 12.5. The van der Waals surface area contributed by atoms with E-state index in [2.05, 4.69) is 5.32 Å². The predicted molar refractivity (Wildman–Crippen MR) is 104 cm³/mol. The van der Waals surface area contributed by atoms with Gasteiger partial charge >= 0.3 is 0 Å². The zero-order valence-electron chi connectivity index (χ0n) is 15.7. The van der Waals surface area contributed by atoms with Crippen LogP contribution in [-0.4, -0.2) is 36.0 Å². The average Bonchev–Trinajstić information content (AvgIpc) is 2.68. The van der Waals surface area contributed by atoms with E-state index < -0.39 is 27.1 Å². The highest BCUT2D eigenvalue weighted by Gasteiger charge is 2.27. The first-order chi connectivity index (χ1) is 13.3. The van der Waals surface area contributed by atoms with Gasteiger partial charge in [-0.05, 0) is 44.2 Å². The van der Waals surface area contributed by atoms with Crippen molar-refractivity contribution < 1.29 is 19.4 Å². The Morgan fingerprint density at radius 3 is 2.07 bits per heavy atom. The molecule has 28 heavy (non-hydrogen) atoms. The van der Waals surface area contributed by atoms with Gasteiger partial charge in [-0.2, -0.15) is 0 Å². The summed E-state index contributed by atoms with van der Waals surface area (Å²) in [5.41, 5.74) is -0.593. The molecule has 2 aromatic carbocycles. The van der Waals surface area contributed by atoms with E-state index in [-0.39, 0.29) is 16.9 Å². The monoisotopic (exact) mass is 388 g/mol. The second-order valence-corrected chi connectivity index (χ2v) is 5.73. The highest BCUT2D eigenvalue weighted by atomic mass is 16.6. The number of ether oxygens (including phenoxy) is 1. The molecule has 1 amide bonds. The second kappa shape index (κ2) is 8.80. The van der Waals surface area contributed by atoms with Crippen LogP contribution < -0.4 is 15.0 Å². The molecule has 10 nitrogen and oxygen atoms in total. The van der Waals surface area contributed by atoms with Gasteiger partial charge in [-0.15, -0.1) is 0 Å². The summed E-state index contributed by atoms with van der Waals surface area (Å²) in [5, 5.41) is 25.3. The molecule has 148 valence electrons. The molecular weight excluding hydrogens is 368 g/mol. The minimum Gasteiger partial charge on any atom is -0.497 e. The third kappa shape index (κ3) is 4.34. The molecule has 0 saturated carbocycles. The fraction of sp³-hybridized carbons (Fsp3) is 0.278. The Morgan fingerprint density at radius 2 is 1.61 bits per heavy atom. The largest absolute Gasteiger partial charge is 0.497 e. The van der Waals surface area contributed by atoms with Crippen molar-refractivity contribution in [2.45, 2.75) is 13.8 Å². The number of nitro benzene ring substituents is 2. The van der Waals surface area contributed by atoms with Crippen molar-refractivity contribution in [1.29, 1.82) is 0 Å². The molecule has 1 N–H and O–H groups in total. The summed E-state index contributed by atoms with van der Waals surface area (Å²) >= 11 is 0. The number of carbonyl (C=O) groups excluding carboxylic acids is 1. The predicted octanol–water partition coefficient (Wildman–Crippen LogP) is 3.61. The molecule has 2 aromatic rings. The van der Waals surface area contributed by atoms with Gasteiger partial charge < -0.3 is 15.0 Å². The number of hydrogen-bond acceptors (Lipinski definition) is 7. The number of nitrogens with zero attached hydrogens (tertiary/aromatic N) is 3. The van der Waals surface area contributed by atoms with Gasteiger partial charge in [0.15, 0.2) is 0 Å². The van der Waals surface area contributed by atoms with Crippen LogP contribution in [-0.2, 0) is 0 Å². The van der Waals surface area contributed by atoms with E-state index in [1.54, 1.807) is 17.0 Å². The van der Waals surface area contributed by atoms with Crippen molar-refractivity contribution in [3.05, 3.63) is 62.2 Å². The standard InChI is InChI=1S/C18H20N4O6/c1-4-20(5-2)16-10-14(15(21(24)25)11-17(16)22(26)27)19-18(23)12-6-8-13(28-3)9-7-12/h6-11H,4-5H2,1-3H3,(H,19,23). The van der Waals surface area contributed by atoms with Gasteiger partial charge in [0.1, 0.15) is 17.1 Å². The molecule has 0 atom stereocenters. The van der Waals surface area contributed by atoms with Crippen molar-refractivity contribution in [3.8, 4) is 5.75 Å². The minimum atomic E-state index is -0.761. The lowest BCUT2D eigenvalue weighted by molar-refractivity contribution is -0.393. The fourth-order valence-electron chi connectivity index (χ4n) is 2.72. The van der Waals surface area contributed by atoms with Gasteiger partial charge in [0.05, 0.1) is 23.0 Å². The van der Waals surface area contributed by atoms with Crippen molar-refractivity contribution in [2.75, 3.05) is 30.4 Å². The zero-order valence-corrected chi connectivity index (χ0v) is 15.7. The number of benzene rings is 2. The smallest absolute Gasteiger partial charge is 0.299 e. The Bertz CT molecular complexity index is 894. The van der Waals surface area contributed by atoms with Gasteiger partial charge in [-0.1, -0.05) is 0 Å². The summed E-state index contributed by atoms with van der Waals surface area (Å²) in [6.07, 6.45) is 0. The molecular formula is C18H20N4O6. The molecule has 10 heteroatoms. The number of rotatable bonds is 8. The van der Waals surface area contributed by atoms with Crippen LogP contribution in [0.25, 0.3) is 0 Å². The summed E-state index contributed by atoms with van der Waals surface area (Å²) < 4.78 is 5.03. The zero-order chi connectivity index (χ0) is 20.8. The lowest BCUT2D eigenvalue weighted by Crippen LogP contribution is -2.23. The highest BCUT2D eigenvalue weighted by molar-refractivity contribution is 6.06. The van der Waals surface area contributed by atoms with E-state index in [0.29, 0.717) is 18.8 Å². The minimum absolute atomic E-state index is 0.113. The summed E-state index contributed by atoms with van der Waals surface area (Å²) in [6, 6.07) is 8.33. The van der Waals surface area contributed by atoms with Gasteiger partial charge in [0, 0.05) is 18.7 Å². The Hall–Kier alpha value is -3.69.